The lowest BCUT2D eigenvalue weighted by atomic mass is 9.93. The first-order valence-corrected chi connectivity index (χ1v) is 8.04. The molecule has 0 saturated heterocycles. The Morgan fingerprint density at radius 3 is 2.29 bits per heavy atom. The van der Waals surface area contributed by atoms with Crippen LogP contribution < -0.4 is 0 Å². The van der Waals surface area contributed by atoms with Crippen molar-refractivity contribution in [3.05, 3.63) is 34.9 Å². The summed E-state index contributed by atoms with van der Waals surface area (Å²) in [5.74, 6) is -1.95. The highest BCUT2D eigenvalue weighted by atomic mass is 16.6. The summed E-state index contributed by atoms with van der Waals surface area (Å²) in [6, 6.07) is 5.11. The van der Waals surface area contributed by atoms with Crippen LogP contribution in [0.3, 0.4) is 0 Å². The van der Waals surface area contributed by atoms with E-state index in [0.717, 1.165) is 11.1 Å². The van der Waals surface area contributed by atoms with E-state index in [1.54, 1.807) is 32.9 Å². The highest BCUT2D eigenvalue weighted by molar-refractivity contribution is 5.88. The number of carboxylic acid groups (broad SMARTS) is 1. The molecule has 0 unspecified atom stereocenters. The quantitative estimate of drug-likeness (QED) is 0.771. The second-order valence-electron chi connectivity index (χ2n) is 7.19. The summed E-state index contributed by atoms with van der Waals surface area (Å²) in [5.41, 5.74) is 1.31. The molecule has 0 fully saturated rings. The van der Waals surface area contributed by atoms with Crippen LogP contribution in [0.15, 0.2) is 18.2 Å². The van der Waals surface area contributed by atoms with Crippen LogP contribution in [0.5, 0.6) is 0 Å². The van der Waals surface area contributed by atoms with Crippen LogP contribution in [0.25, 0.3) is 0 Å². The highest BCUT2D eigenvalue weighted by Gasteiger charge is 2.26. The highest BCUT2D eigenvalue weighted by Crippen LogP contribution is 2.20. The van der Waals surface area contributed by atoms with Gasteiger partial charge < -0.3 is 14.6 Å². The number of hydrogen-bond donors (Lipinski definition) is 1. The van der Waals surface area contributed by atoms with Gasteiger partial charge in [-0.2, -0.15) is 0 Å². The Morgan fingerprint density at radius 2 is 1.79 bits per heavy atom. The summed E-state index contributed by atoms with van der Waals surface area (Å²) in [6.07, 6.45) is 1.09. The van der Waals surface area contributed by atoms with Gasteiger partial charge in [0.25, 0.3) is 0 Å². The lowest BCUT2D eigenvalue weighted by molar-refractivity contribution is -0.161. The van der Waals surface area contributed by atoms with Crippen LogP contribution in [0.4, 0.5) is 0 Å². The predicted octanol–water partition coefficient (Wildman–Crippen LogP) is 3.56. The van der Waals surface area contributed by atoms with Gasteiger partial charge in [-0.15, -0.1) is 0 Å². The number of benzene rings is 1. The molecule has 1 aromatic carbocycles. The summed E-state index contributed by atoms with van der Waals surface area (Å²) in [5, 5.41) is 9.13. The van der Waals surface area contributed by atoms with Crippen molar-refractivity contribution < 1.29 is 24.2 Å². The number of rotatable bonds is 7. The zero-order chi connectivity index (χ0) is 18.5. The topological polar surface area (TPSA) is 80.7 Å². The molecule has 0 heterocycles. The fourth-order valence-corrected chi connectivity index (χ4v) is 2.51. The largest absolute Gasteiger partial charge is 0.478 e. The first-order valence-electron chi connectivity index (χ1n) is 8.04. The molecule has 5 heteroatoms. The van der Waals surface area contributed by atoms with E-state index in [2.05, 4.69) is 0 Å². The molecule has 0 amide bonds. The SMILES string of the molecule is CC(=O)C[C@H](CCc1cc(C)cc(C(=O)O)c1)C(=O)OC(C)(C)C. The zero-order valence-electron chi connectivity index (χ0n) is 15.0. The minimum atomic E-state index is -0.979. The number of carboxylic acids is 1. The van der Waals surface area contributed by atoms with Gasteiger partial charge in [0.2, 0.25) is 0 Å². The number of carbonyl (C=O) groups is 3. The van der Waals surface area contributed by atoms with E-state index in [4.69, 9.17) is 9.84 Å². The number of ketones is 1. The van der Waals surface area contributed by atoms with Gasteiger partial charge in [-0.25, -0.2) is 4.79 Å². The molecule has 0 aliphatic carbocycles. The first kappa shape index (κ1) is 19.9. The summed E-state index contributed by atoms with van der Waals surface area (Å²) < 4.78 is 5.39. The van der Waals surface area contributed by atoms with Crippen molar-refractivity contribution in [2.75, 3.05) is 0 Å². The molecule has 5 nitrogen and oxygen atoms in total. The number of Topliss-reactive ketones (excluding diaryl/α,β-unsaturated/α-hetero) is 1. The van der Waals surface area contributed by atoms with Gasteiger partial charge in [-0.3, -0.25) is 4.79 Å². The third-order valence-corrected chi connectivity index (χ3v) is 3.44. The normalized spacial score (nSPS) is 12.5. The zero-order valence-corrected chi connectivity index (χ0v) is 15.0. The van der Waals surface area contributed by atoms with Gasteiger partial charge in [0.15, 0.2) is 0 Å². The minimum Gasteiger partial charge on any atom is -0.478 e. The number of aryl methyl sites for hydroxylation is 2. The van der Waals surface area contributed by atoms with Gasteiger partial charge in [-0.05, 0) is 65.2 Å². The second-order valence-corrected chi connectivity index (χ2v) is 7.19. The van der Waals surface area contributed by atoms with Crippen molar-refractivity contribution in [1.82, 2.24) is 0 Å². The molecule has 1 N–H and O–H groups in total. The van der Waals surface area contributed by atoms with E-state index in [1.165, 1.54) is 6.92 Å². The number of ether oxygens (including phenoxy) is 1. The standard InChI is InChI=1S/C19H26O5/c1-12-8-14(11-16(9-12)17(21)22)6-7-15(10-13(2)20)18(23)24-19(3,4)5/h8-9,11,15H,6-7,10H2,1-5H3,(H,21,22)/t15-/m0/s1. The van der Waals surface area contributed by atoms with E-state index < -0.39 is 17.5 Å². The Morgan fingerprint density at radius 1 is 1.17 bits per heavy atom. The van der Waals surface area contributed by atoms with Crippen molar-refractivity contribution >= 4 is 17.7 Å². The third kappa shape index (κ3) is 6.94. The fraction of sp³-hybridized carbons (Fsp3) is 0.526. The average molecular weight is 334 g/mol. The summed E-state index contributed by atoms with van der Waals surface area (Å²) >= 11 is 0. The smallest absolute Gasteiger partial charge is 0.335 e. The van der Waals surface area contributed by atoms with Crippen LogP contribution in [0, 0.1) is 12.8 Å². The molecule has 0 aliphatic heterocycles. The Balaban J connectivity index is 2.86. The molecule has 0 aliphatic rings. The molecule has 0 radical (unpaired) electrons. The van der Waals surface area contributed by atoms with Crippen molar-refractivity contribution in [3.63, 3.8) is 0 Å². The van der Waals surface area contributed by atoms with E-state index in [1.807, 2.05) is 13.0 Å². The van der Waals surface area contributed by atoms with E-state index in [9.17, 15) is 14.4 Å². The Labute approximate surface area is 143 Å². The maximum absolute atomic E-state index is 12.3. The number of hydrogen-bond acceptors (Lipinski definition) is 4. The Hall–Kier alpha value is -2.17. The van der Waals surface area contributed by atoms with Gasteiger partial charge >= 0.3 is 11.9 Å². The molecule has 0 saturated carbocycles. The lowest BCUT2D eigenvalue weighted by Gasteiger charge is -2.23. The molecule has 132 valence electrons. The van der Waals surface area contributed by atoms with Crippen LogP contribution >= 0.6 is 0 Å². The van der Waals surface area contributed by atoms with Gasteiger partial charge in [0.05, 0.1) is 11.5 Å². The second kappa shape index (κ2) is 8.08. The average Bonchev–Trinajstić information content (AvgIpc) is 2.40. The first-order chi connectivity index (χ1) is 11.0. The van der Waals surface area contributed by atoms with Crippen LogP contribution in [-0.4, -0.2) is 28.4 Å². The van der Waals surface area contributed by atoms with Crippen molar-refractivity contribution in [3.8, 4) is 0 Å². The monoisotopic (exact) mass is 334 g/mol. The maximum atomic E-state index is 12.3. The predicted molar refractivity (Wildman–Crippen MR) is 91.1 cm³/mol. The van der Waals surface area contributed by atoms with E-state index in [0.29, 0.717) is 12.8 Å². The molecule has 1 rings (SSSR count). The van der Waals surface area contributed by atoms with Crippen molar-refractivity contribution in [2.45, 2.75) is 59.5 Å². The molecular formula is C19H26O5. The lowest BCUT2D eigenvalue weighted by Crippen LogP contribution is -2.30. The molecule has 0 aromatic heterocycles. The number of carbonyl (C=O) groups excluding carboxylic acids is 2. The Bertz CT molecular complexity index is 625. The molecule has 0 bridgehead atoms. The minimum absolute atomic E-state index is 0.0682. The van der Waals surface area contributed by atoms with E-state index in [-0.39, 0.29) is 23.7 Å². The molecule has 1 atom stereocenters. The maximum Gasteiger partial charge on any atom is 0.335 e. The fourth-order valence-electron chi connectivity index (χ4n) is 2.51. The number of aromatic carboxylic acids is 1. The summed E-state index contributed by atoms with van der Waals surface area (Å²) in [6.45, 7) is 8.64. The molecule has 0 spiro atoms. The van der Waals surface area contributed by atoms with Crippen LogP contribution in [0.2, 0.25) is 0 Å². The molecule has 24 heavy (non-hydrogen) atoms. The van der Waals surface area contributed by atoms with Gasteiger partial charge in [-0.1, -0.05) is 11.6 Å². The molecular weight excluding hydrogens is 308 g/mol. The summed E-state index contributed by atoms with van der Waals surface area (Å²) in [4.78, 5) is 34.9. The van der Waals surface area contributed by atoms with Crippen LogP contribution in [0.1, 0.15) is 62.0 Å². The Kier molecular flexibility index (Phi) is 6.70. The van der Waals surface area contributed by atoms with Crippen molar-refractivity contribution in [2.24, 2.45) is 5.92 Å². The van der Waals surface area contributed by atoms with Crippen molar-refractivity contribution in [1.29, 1.82) is 0 Å². The van der Waals surface area contributed by atoms with Crippen LogP contribution in [-0.2, 0) is 20.7 Å². The number of esters is 1. The van der Waals surface area contributed by atoms with Gasteiger partial charge in [0, 0.05) is 6.42 Å². The third-order valence-electron chi connectivity index (χ3n) is 3.44. The van der Waals surface area contributed by atoms with E-state index >= 15 is 0 Å². The molecule has 1 aromatic rings. The van der Waals surface area contributed by atoms with Gasteiger partial charge in [0.1, 0.15) is 11.4 Å². The summed E-state index contributed by atoms with van der Waals surface area (Å²) in [7, 11) is 0.